The molecular weight excluding hydrogens is 426 g/mol. The summed E-state index contributed by atoms with van der Waals surface area (Å²) in [6, 6.07) is 42.5. The first kappa shape index (κ1) is 19.7. The zero-order valence-corrected chi connectivity index (χ0v) is 19.0. The van der Waals surface area contributed by atoms with Gasteiger partial charge in [0.25, 0.3) is 0 Å². The van der Waals surface area contributed by atoms with E-state index in [0.29, 0.717) is 0 Å². The van der Waals surface area contributed by atoms with Crippen molar-refractivity contribution in [1.82, 2.24) is 14.5 Å². The van der Waals surface area contributed by atoms with E-state index in [9.17, 15) is 0 Å². The van der Waals surface area contributed by atoms with Crippen molar-refractivity contribution in [3.63, 3.8) is 0 Å². The van der Waals surface area contributed by atoms with E-state index >= 15 is 0 Å². The van der Waals surface area contributed by atoms with E-state index < -0.39 is 0 Å². The fourth-order valence-electron chi connectivity index (χ4n) is 5.02. The van der Waals surface area contributed by atoms with Gasteiger partial charge in [-0.05, 0) is 63.0 Å². The van der Waals surface area contributed by atoms with Gasteiger partial charge in [0.05, 0.1) is 0 Å². The number of aromatic nitrogens is 3. The summed E-state index contributed by atoms with van der Waals surface area (Å²) in [5.74, 6) is 0.889. The van der Waals surface area contributed by atoms with Crippen LogP contribution in [0, 0.1) is 0 Å². The molecule has 0 fully saturated rings. The Labute approximate surface area is 203 Å². The molecule has 0 saturated carbocycles. The molecule has 7 rings (SSSR count). The predicted octanol–water partition coefficient (Wildman–Crippen LogP) is 8.06. The number of fused-ring (bicyclic) bond motifs is 4. The van der Waals surface area contributed by atoms with Crippen LogP contribution in [0.25, 0.3) is 60.9 Å². The van der Waals surface area contributed by atoms with Crippen LogP contribution in [0.2, 0.25) is 0 Å². The zero-order chi connectivity index (χ0) is 23.2. The summed E-state index contributed by atoms with van der Waals surface area (Å²) in [5, 5.41) is 5.08. The van der Waals surface area contributed by atoms with Crippen LogP contribution in [0.4, 0.5) is 0 Å². The molecule has 0 saturated heterocycles. The topological polar surface area (TPSA) is 30.7 Å². The van der Waals surface area contributed by atoms with Gasteiger partial charge in [-0.15, -0.1) is 0 Å². The van der Waals surface area contributed by atoms with Gasteiger partial charge in [-0.2, -0.15) is 0 Å². The first-order valence-electron chi connectivity index (χ1n) is 11.8. The molecule has 0 N–H and O–H groups in total. The Morgan fingerprint density at radius 3 is 2.06 bits per heavy atom. The number of hydrogen-bond acceptors (Lipinski definition) is 2. The molecule has 0 bridgehead atoms. The fourth-order valence-corrected chi connectivity index (χ4v) is 5.02. The molecule has 2 heterocycles. The van der Waals surface area contributed by atoms with Gasteiger partial charge in [0.1, 0.15) is 11.3 Å². The van der Waals surface area contributed by atoms with Crippen LogP contribution < -0.4 is 0 Å². The van der Waals surface area contributed by atoms with Crippen LogP contribution in [0.5, 0.6) is 0 Å². The molecular formula is C32H21N3. The summed E-state index contributed by atoms with van der Waals surface area (Å²) in [7, 11) is 0. The summed E-state index contributed by atoms with van der Waals surface area (Å²) >= 11 is 0. The molecule has 7 aromatic rings. The minimum atomic E-state index is 0.860. The van der Waals surface area contributed by atoms with Crippen molar-refractivity contribution < 1.29 is 0 Å². The Kier molecular flexibility index (Phi) is 4.46. The highest BCUT2D eigenvalue weighted by Crippen LogP contribution is 2.36. The Morgan fingerprint density at radius 2 is 1.23 bits per heavy atom. The Hall–Kier alpha value is -4.76. The van der Waals surface area contributed by atoms with Crippen molar-refractivity contribution in [2.75, 3.05) is 0 Å². The van der Waals surface area contributed by atoms with Gasteiger partial charge < -0.3 is 0 Å². The lowest BCUT2D eigenvalue weighted by atomic mass is 9.93. The molecule has 35 heavy (non-hydrogen) atoms. The van der Waals surface area contributed by atoms with Gasteiger partial charge >= 0.3 is 0 Å². The average molecular weight is 448 g/mol. The molecule has 0 aliphatic heterocycles. The van der Waals surface area contributed by atoms with Crippen LogP contribution in [0.1, 0.15) is 0 Å². The maximum Gasteiger partial charge on any atom is 0.164 e. The highest BCUT2D eigenvalue weighted by Gasteiger charge is 2.15. The van der Waals surface area contributed by atoms with Gasteiger partial charge in [-0.1, -0.05) is 91.0 Å². The summed E-state index contributed by atoms with van der Waals surface area (Å²) in [4.78, 5) is 9.59. The molecule has 3 heteroatoms. The summed E-state index contributed by atoms with van der Waals surface area (Å²) in [5.41, 5.74) is 6.28. The first-order chi connectivity index (χ1) is 17.4. The highest BCUT2D eigenvalue weighted by molar-refractivity contribution is 6.13. The van der Waals surface area contributed by atoms with E-state index in [1.807, 2.05) is 36.5 Å². The van der Waals surface area contributed by atoms with Crippen LogP contribution in [0.3, 0.4) is 0 Å². The lowest BCUT2D eigenvalue weighted by Gasteiger charge is -2.12. The molecule has 0 aliphatic rings. The van der Waals surface area contributed by atoms with Crippen LogP contribution in [0.15, 0.2) is 128 Å². The average Bonchev–Trinajstić information content (AvgIpc) is 3.33. The smallest absolute Gasteiger partial charge is 0.164 e. The van der Waals surface area contributed by atoms with E-state index in [4.69, 9.17) is 4.98 Å². The van der Waals surface area contributed by atoms with Crippen LogP contribution in [-0.2, 0) is 0 Å². The number of nitrogens with zero attached hydrogens (tertiary/aromatic N) is 3. The molecule has 2 aromatic heterocycles. The third-order valence-electron chi connectivity index (χ3n) is 6.65. The lowest BCUT2D eigenvalue weighted by Crippen LogP contribution is -1.98. The first-order valence-corrected chi connectivity index (χ1v) is 11.8. The molecule has 5 aromatic carbocycles. The van der Waals surface area contributed by atoms with Crippen LogP contribution in [-0.4, -0.2) is 14.5 Å². The highest BCUT2D eigenvalue weighted by atomic mass is 15.1. The molecule has 3 nitrogen and oxygen atoms in total. The lowest BCUT2D eigenvalue weighted by molar-refractivity contribution is 1.08. The quantitative estimate of drug-likeness (QED) is 0.256. The van der Waals surface area contributed by atoms with Crippen molar-refractivity contribution in [2.45, 2.75) is 0 Å². The Bertz CT molecular complexity index is 1830. The summed E-state index contributed by atoms with van der Waals surface area (Å²) in [6.07, 6.45) is 1.82. The summed E-state index contributed by atoms with van der Waals surface area (Å²) in [6.45, 7) is 0. The number of benzene rings is 5. The number of rotatable bonds is 3. The number of para-hydroxylation sites is 1. The van der Waals surface area contributed by atoms with Crippen molar-refractivity contribution in [3.8, 4) is 28.2 Å². The second-order valence-electron chi connectivity index (χ2n) is 8.72. The maximum atomic E-state index is 4.95. The normalized spacial score (nSPS) is 11.4. The Balaban J connectivity index is 1.40. The fraction of sp³-hybridized carbons (Fsp3) is 0. The van der Waals surface area contributed by atoms with Crippen LogP contribution >= 0.6 is 0 Å². The summed E-state index contributed by atoms with van der Waals surface area (Å²) < 4.78 is 2.13. The molecule has 164 valence electrons. The Morgan fingerprint density at radius 1 is 0.543 bits per heavy atom. The molecule has 0 amide bonds. The standard InChI is InChI=1S/C32H21N3/c1-2-10-25(11-3-1)35-31(34-30-15-8-20-33-32(30)35)23-18-16-22(17-19-23)29-21-24-9-4-5-12-26(24)27-13-6-7-14-28(27)29/h1-21H. The van der Waals surface area contributed by atoms with Crippen molar-refractivity contribution in [1.29, 1.82) is 0 Å². The molecule has 0 aliphatic carbocycles. The van der Waals surface area contributed by atoms with Crippen molar-refractivity contribution >= 4 is 32.7 Å². The molecule has 0 spiro atoms. The monoisotopic (exact) mass is 447 g/mol. The molecule has 0 atom stereocenters. The zero-order valence-electron chi connectivity index (χ0n) is 19.0. The van der Waals surface area contributed by atoms with Gasteiger partial charge in [-0.25, -0.2) is 9.97 Å². The number of imidazole rings is 1. The van der Waals surface area contributed by atoms with E-state index in [2.05, 4.69) is 101 Å². The minimum Gasteiger partial charge on any atom is -0.277 e. The van der Waals surface area contributed by atoms with Gasteiger partial charge in [0, 0.05) is 17.4 Å². The van der Waals surface area contributed by atoms with E-state index in [-0.39, 0.29) is 0 Å². The largest absolute Gasteiger partial charge is 0.277 e. The number of hydrogen-bond donors (Lipinski definition) is 0. The van der Waals surface area contributed by atoms with Gasteiger partial charge in [-0.3, -0.25) is 4.57 Å². The van der Waals surface area contributed by atoms with Crippen molar-refractivity contribution in [2.24, 2.45) is 0 Å². The SMILES string of the molecule is c1ccc(-n2c(-c3ccc(-c4cc5ccccc5c5ccccc45)cc3)nc3cccnc32)cc1. The van der Waals surface area contributed by atoms with E-state index in [1.54, 1.807) is 0 Å². The minimum absolute atomic E-state index is 0.860. The number of pyridine rings is 1. The van der Waals surface area contributed by atoms with E-state index in [1.165, 1.54) is 32.7 Å². The van der Waals surface area contributed by atoms with Crippen molar-refractivity contribution in [3.05, 3.63) is 128 Å². The third kappa shape index (κ3) is 3.21. The molecule has 0 unspecified atom stereocenters. The third-order valence-corrected chi connectivity index (χ3v) is 6.65. The van der Waals surface area contributed by atoms with Gasteiger partial charge in [0.2, 0.25) is 0 Å². The molecule has 0 radical (unpaired) electrons. The van der Waals surface area contributed by atoms with Gasteiger partial charge in [0.15, 0.2) is 5.65 Å². The second kappa shape index (κ2) is 7.93. The predicted molar refractivity (Wildman–Crippen MR) is 145 cm³/mol. The second-order valence-corrected chi connectivity index (χ2v) is 8.72. The maximum absolute atomic E-state index is 4.95. The van der Waals surface area contributed by atoms with E-state index in [0.717, 1.165) is 28.2 Å².